The van der Waals surface area contributed by atoms with Crippen molar-refractivity contribution < 1.29 is 9.90 Å². The summed E-state index contributed by atoms with van der Waals surface area (Å²) in [5.41, 5.74) is 1.90. The predicted octanol–water partition coefficient (Wildman–Crippen LogP) is 3.33. The van der Waals surface area contributed by atoms with Crippen molar-refractivity contribution >= 4 is 27.6 Å². The van der Waals surface area contributed by atoms with Crippen LogP contribution in [0.2, 0.25) is 0 Å². The van der Waals surface area contributed by atoms with E-state index in [1.165, 1.54) is 0 Å². The van der Waals surface area contributed by atoms with Crippen LogP contribution < -0.4 is 4.90 Å². The van der Waals surface area contributed by atoms with Crippen molar-refractivity contribution in [3.8, 4) is 0 Å². The Morgan fingerprint density at radius 2 is 1.95 bits per heavy atom. The van der Waals surface area contributed by atoms with Crippen molar-refractivity contribution in [2.45, 2.75) is 13.0 Å². The van der Waals surface area contributed by atoms with Gasteiger partial charge in [0.05, 0.1) is 18.7 Å². The van der Waals surface area contributed by atoms with Crippen molar-refractivity contribution in [1.82, 2.24) is 4.98 Å². The van der Waals surface area contributed by atoms with E-state index in [9.17, 15) is 4.79 Å². The first-order chi connectivity index (χ1) is 9.65. The minimum atomic E-state index is -0.797. The number of hydrogen-bond acceptors (Lipinski definition) is 3. The Kier molecular flexibility index (Phi) is 5.12. The summed E-state index contributed by atoms with van der Waals surface area (Å²) in [6.45, 7) is 1.04. The number of halogens is 1. The van der Waals surface area contributed by atoms with Crippen LogP contribution in [0.3, 0.4) is 0 Å². The SMILES string of the molecule is O=C(O)CCN(Cc1ccc(Br)cn1)c1ccccc1. The molecule has 0 unspecified atom stereocenters. The first kappa shape index (κ1) is 14.5. The molecule has 2 aromatic rings. The van der Waals surface area contributed by atoms with Crippen LogP contribution in [-0.4, -0.2) is 22.6 Å². The van der Waals surface area contributed by atoms with Crippen LogP contribution in [0.15, 0.2) is 53.1 Å². The number of carboxylic acids is 1. The molecule has 0 aliphatic carbocycles. The summed E-state index contributed by atoms with van der Waals surface area (Å²) in [7, 11) is 0. The van der Waals surface area contributed by atoms with Crippen molar-refractivity contribution in [3.63, 3.8) is 0 Å². The topological polar surface area (TPSA) is 53.4 Å². The molecule has 5 heteroatoms. The van der Waals surface area contributed by atoms with Gasteiger partial charge in [-0.05, 0) is 40.2 Å². The van der Waals surface area contributed by atoms with E-state index in [4.69, 9.17) is 5.11 Å². The highest BCUT2D eigenvalue weighted by atomic mass is 79.9. The fourth-order valence-corrected chi connectivity index (χ4v) is 2.10. The third-order valence-electron chi connectivity index (χ3n) is 2.86. The average Bonchev–Trinajstić information content (AvgIpc) is 2.46. The lowest BCUT2D eigenvalue weighted by Crippen LogP contribution is -2.26. The van der Waals surface area contributed by atoms with E-state index < -0.39 is 5.97 Å². The van der Waals surface area contributed by atoms with Gasteiger partial charge < -0.3 is 10.0 Å². The van der Waals surface area contributed by atoms with Gasteiger partial charge in [-0.2, -0.15) is 0 Å². The number of benzene rings is 1. The zero-order valence-electron chi connectivity index (χ0n) is 10.9. The molecule has 1 aromatic heterocycles. The van der Waals surface area contributed by atoms with Gasteiger partial charge in [-0.1, -0.05) is 18.2 Å². The number of pyridine rings is 1. The molecule has 1 heterocycles. The summed E-state index contributed by atoms with van der Waals surface area (Å²) in [5, 5.41) is 8.86. The Bertz CT molecular complexity index is 558. The monoisotopic (exact) mass is 334 g/mol. The zero-order valence-corrected chi connectivity index (χ0v) is 12.5. The molecule has 0 aliphatic rings. The summed E-state index contributed by atoms with van der Waals surface area (Å²) in [6.07, 6.45) is 1.85. The second-order valence-corrected chi connectivity index (χ2v) is 5.28. The summed E-state index contributed by atoms with van der Waals surface area (Å²) in [6, 6.07) is 13.6. The summed E-state index contributed by atoms with van der Waals surface area (Å²) >= 11 is 3.35. The maximum atomic E-state index is 10.8. The molecule has 104 valence electrons. The summed E-state index contributed by atoms with van der Waals surface area (Å²) < 4.78 is 0.929. The molecule has 0 atom stereocenters. The number of nitrogens with zero attached hydrogens (tertiary/aromatic N) is 2. The van der Waals surface area contributed by atoms with Crippen molar-refractivity contribution in [2.24, 2.45) is 0 Å². The molecule has 0 saturated heterocycles. The molecule has 0 bridgehead atoms. The molecule has 0 spiro atoms. The number of carboxylic acid groups (broad SMARTS) is 1. The van der Waals surface area contributed by atoms with Gasteiger partial charge in [-0.3, -0.25) is 9.78 Å². The lowest BCUT2D eigenvalue weighted by atomic mass is 10.2. The van der Waals surface area contributed by atoms with Crippen LogP contribution in [0.1, 0.15) is 12.1 Å². The van der Waals surface area contributed by atoms with Gasteiger partial charge in [-0.15, -0.1) is 0 Å². The average molecular weight is 335 g/mol. The van der Waals surface area contributed by atoms with E-state index in [-0.39, 0.29) is 6.42 Å². The quantitative estimate of drug-likeness (QED) is 0.880. The fraction of sp³-hybridized carbons (Fsp3) is 0.200. The molecule has 0 saturated carbocycles. The Labute approximate surface area is 126 Å². The third-order valence-corrected chi connectivity index (χ3v) is 3.33. The standard InChI is InChI=1S/C15H15BrN2O2/c16-12-6-7-13(17-10-12)11-18(9-8-15(19)20)14-4-2-1-3-5-14/h1-7,10H,8-9,11H2,(H,19,20). The second kappa shape index (κ2) is 7.05. The third kappa shape index (κ3) is 4.35. The molecule has 20 heavy (non-hydrogen) atoms. The van der Waals surface area contributed by atoms with Gasteiger partial charge in [-0.25, -0.2) is 0 Å². The molecule has 2 rings (SSSR count). The smallest absolute Gasteiger partial charge is 0.305 e. The number of hydrogen-bond donors (Lipinski definition) is 1. The number of carbonyl (C=O) groups is 1. The van der Waals surface area contributed by atoms with Crippen LogP contribution >= 0.6 is 15.9 Å². The molecule has 4 nitrogen and oxygen atoms in total. The number of aromatic nitrogens is 1. The minimum absolute atomic E-state index is 0.103. The van der Waals surface area contributed by atoms with E-state index in [0.29, 0.717) is 13.1 Å². The molecular formula is C15H15BrN2O2. The van der Waals surface area contributed by atoms with E-state index in [2.05, 4.69) is 20.9 Å². The van der Waals surface area contributed by atoms with Crippen molar-refractivity contribution in [2.75, 3.05) is 11.4 Å². The zero-order chi connectivity index (χ0) is 14.4. The van der Waals surface area contributed by atoms with Crippen LogP contribution in [0.25, 0.3) is 0 Å². The highest BCUT2D eigenvalue weighted by Crippen LogP contribution is 2.17. The molecule has 0 fully saturated rings. The predicted molar refractivity (Wildman–Crippen MR) is 81.7 cm³/mol. The summed E-state index contributed by atoms with van der Waals surface area (Å²) in [4.78, 5) is 17.1. The highest BCUT2D eigenvalue weighted by Gasteiger charge is 2.10. The van der Waals surface area contributed by atoms with Gasteiger partial charge in [0.25, 0.3) is 0 Å². The highest BCUT2D eigenvalue weighted by molar-refractivity contribution is 9.10. The second-order valence-electron chi connectivity index (χ2n) is 4.37. The lowest BCUT2D eigenvalue weighted by Gasteiger charge is -2.23. The molecule has 0 aliphatic heterocycles. The number of para-hydroxylation sites is 1. The van der Waals surface area contributed by atoms with Gasteiger partial charge in [0, 0.05) is 22.9 Å². The summed E-state index contributed by atoms with van der Waals surface area (Å²) in [5.74, 6) is -0.797. The Morgan fingerprint density at radius 1 is 1.20 bits per heavy atom. The molecule has 1 N–H and O–H groups in total. The van der Waals surface area contributed by atoms with E-state index in [1.54, 1.807) is 6.20 Å². The van der Waals surface area contributed by atoms with Crippen molar-refractivity contribution in [1.29, 1.82) is 0 Å². The fourth-order valence-electron chi connectivity index (χ4n) is 1.86. The molecular weight excluding hydrogens is 320 g/mol. The Morgan fingerprint density at radius 3 is 2.55 bits per heavy atom. The minimum Gasteiger partial charge on any atom is -0.481 e. The molecule has 0 amide bonds. The van der Waals surface area contributed by atoms with E-state index in [1.807, 2.05) is 47.4 Å². The molecule has 0 radical (unpaired) electrons. The van der Waals surface area contributed by atoms with E-state index in [0.717, 1.165) is 15.9 Å². The maximum absolute atomic E-state index is 10.8. The first-order valence-electron chi connectivity index (χ1n) is 6.27. The van der Waals surface area contributed by atoms with Crippen molar-refractivity contribution in [3.05, 3.63) is 58.8 Å². The first-order valence-corrected chi connectivity index (χ1v) is 7.06. The maximum Gasteiger partial charge on any atom is 0.305 e. The lowest BCUT2D eigenvalue weighted by molar-refractivity contribution is -0.136. The molecule has 1 aromatic carbocycles. The number of rotatable bonds is 6. The largest absolute Gasteiger partial charge is 0.481 e. The van der Waals surface area contributed by atoms with Crippen LogP contribution in [0.5, 0.6) is 0 Å². The van der Waals surface area contributed by atoms with Crippen LogP contribution in [-0.2, 0) is 11.3 Å². The van der Waals surface area contributed by atoms with Crippen LogP contribution in [0, 0.1) is 0 Å². The number of anilines is 1. The van der Waals surface area contributed by atoms with Gasteiger partial charge in [0.15, 0.2) is 0 Å². The van der Waals surface area contributed by atoms with Gasteiger partial charge >= 0.3 is 5.97 Å². The van der Waals surface area contributed by atoms with Gasteiger partial charge in [0.1, 0.15) is 0 Å². The van der Waals surface area contributed by atoms with Gasteiger partial charge in [0.2, 0.25) is 0 Å². The Balaban J connectivity index is 2.13. The number of aliphatic carboxylic acids is 1. The van der Waals surface area contributed by atoms with Crippen LogP contribution in [0.4, 0.5) is 5.69 Å². The Hall–Kier alpha value is -1.88. The normalized spacial score (nSPS) is 10.2. The van der Waals surface area contributed by atoms with E-state index >= 15 is 0 Å².